The Morgan fingerprint density at radius 1 is 1.09 bits per heavy atom. The third-order valence-electron chi connectivity index (χ3n) is 6.23. The summed E-state index contributed by atoms with van der Waals surface area (Å²) in [4.78, 5) is 29.4. The van der Waals surface area contributed by atoms with Gasteiger partial charge < -0.3 is 15.4 Å². The van der Waals surface area contributed by atoms with Gasteiger partial charge in [-0.15, -0.1) is 11.3 Å². The van der Waals surface area contributed by atoms with E-state index < -0.39 is 6.04 Å². The van der Waals surface area contributed by atoms with E-state index in [4.69, 9.17) is 4.74 Å². The number of esters is 1. The minimum absolute atomic E-state index is 0.164. The molecule has 0 saturated heterocycles. The molecule has 0 saturated carbocycles. The molecule has 3 aromatic rings. The third kappa shape index (κ3) is 6.36. The zero-order valence-corrected chi connectivity index (χ0v) is 21.4. The average Bonchev–Trinajstić information content (AvgIpc) is 3.21. The predicted octanol–water partition coefficient (Wildman–Crippen LogP) is 4.91. The molecule has 1 aliphatic heterocycles. The van der Waals surface area contributed by atoms with Crippen molar-refractivity contribution in [3.8, 4) is 0 Å². The monoisotopic (exact) mass is 491 g/mol. The lowest BCUT2D eigenvalue weighted by Gasteiger charge is -2.27. The van der Waals surface area contributed by atoms with Gasteiger partial charge in [-0.05, 0) is 43.9 Å². The van der Waals surface area contributed by atoms with E-state index in [-0.39, 0.29) is 11.9 Å². The fourth-order valence-corrected chi connectivity index (χ4v) is 5.51. The number of thiophene rings is 1. The first-order valence-electron chi connectivity index (χ1n) is 12.1. The van der Waals surface area contributed by atoms with Gasteiger partial charge >= 0.3 is 5.97 Å². The SMILES string of the molecule is CCOC(=O)c1c(NC(=O)C(C)NCc2ccc(C)cc2)sc2c1CCN(Cc1ccccc1)C2. The number of fused-ring (bicyclic) bond motifs is 1. The highest BCUT2D eigenvalue weighted by Crippen LogP contribution is 2.38. The van der Waals surface area contributed by atoms with Crippen LogP contribution >= 0.6 is 11.3 Å². The Balaban J connectivity index is 1.46. The van der Waals surface area contributed by atoms with Gasteiger partial charge in [-0.2, -0.15) is 0 Å². The number of aryl methyl sites for hydroxylation is 1. The summed E-state index contributed by atoms with van der Waals surface area (Å²) < 4.78 is 5.36. The summed E-state index contributed by atoms with van der Waals surface area (Å²) >= 11 is 1.49. The van der Waals surface area contributed by atoms with Crippen LogP contribution in [-0.2, 0) is 35.6 Å². The van der Waals surface area contributed by atoms with Crippen molar-refractivity contribution in [2.45, 2.75) is 52.9 Å². The van der Waals surface area contributed by atoms with Gasteiger partial charge in [0.2, 0.25) is 5.91 Å². The number of anilines is 1. The fraction of sp³-hybridized carbons (Fsp3) is 0.357. The van der Waals surface area contributed by atoms with Crippen molar-refractivity contribution in [1.82, 2.24) is 10.2 Å². The molecule has 1 atom stereocenters. The van der Waals surface area contributed by atoms with Crippen LogP contribution in [0.15, 0.2) is 54.6 Å². The molecule has 1 aliphatic rings. The van der Waals surface area contributed by atoms with Crippen molar-refractivity contribution >= 4 is 28.2 Å². The van der Waals surface area contributed by atoms with Gasteiger partial charge in [-0.1, -0.05) is 60.2 Å². The summed E-state index contributed by atoms with van der Waals surface area (Å²) in [5, 5.41) is 6.88. The minimum atomic E-state index is -0.417. The number of rotatable bonds is 9. The second-order valence-corrected chi connectivity index (χ2v) is 10.1. The number of ether oxygens (including phenoxy) is 1. The zero-order valence-electron chi connectivity index (χ0n) is 20.6. The molecule has 0 spiro atoms. The van der Waals surface area contributed by atoms with E-state index in [9.17, 15) is 9.59 Å². The predicted molar refractivity (Wildman–Crippen MR) is 141 cm³/mol. The molecule has 184 valence electrons. The molecule has 2 heterocycles. The topological polar surface area (TPSA) is 70.7 Å². The molecular formula is C28H33N3O3S. The highest BCUT2D eigenvalue weighted by atomic mass is 32.1. The molecule has 2 aromatic carbocycles. The second kappa shape index (κ2) is 11.6. The Labute approximate surface area is 211 Å². The van der Waals surface area contributed by atoms with E-state index in [1.165, 1.54) is 22.5 Å². The number of hydrogen-bond acceptors (Lipinski definition) is 6. The van der Waals surface area contributed by atoms with Crippen molar-refractivity contribution in [3.63, 3.8) is 0 Å². The van der Waals surface area contributed by atoms with Gasteiger partial charge in [0.25, 0.3) is 0 Å². The molecule has 1 aromatic heterocycles. The van der Waals surface area contributed by atoms with E-state index >= 15 is 0 Å². The second-order valence-electron chi connectivity index (χ2n) is 8.95. The molecule has 1 amide bonds. The van der Waals surface area contributed by atoms with Crippen LogP contribution in [0.25, 0.3) is 0 Å². The van der Waals surface area contributed by atoms with Crippen LogP contribution in [0.2, 0.25) is 0 Å². The summed E-state index contributed by atoms with van der Waals surface area (Å²) in [6.07, 6.45) is 0.754. The summed E-state index contributed by atoms with van der Waals surface area (Å²) in [6, 6.07) is 18.2. The highest BCUT2D eigenvalue weighted by Gasteiger charge is 2.30. The van der Waals surface area contributed by atoms with Crippen molar-refractivity contribution in [1.29, 1.82) is 0 Å². The molecule has 0 fully saturated rings. The number of carbonyl (C=O) groups excluding carboxylic acids is 2. The molecule has 0 bridgehead atoms. The van der Waals surface area contributed by atoms with E-state index in [2.05, 4.69) is 71.0 Å². The smallest absolute Gasteiger partial charge is 0.341 e. The summed E-state index contributed by atoms with van der Waals surface area (Å²) in [6.45, 7) is 9.03. The van der Waals surface area contributed by atoms with Crippen LogP contribution in [0, 0.1) is 6.92 Å². The number of amides is 1. The van der Waals surface area contributed by atoms with Crippen molar-refractivity contribution in [2.75, 3.05) is 18.5 Å². The van der Waals surface area contributed by atoms with Crippen molar-refractivity contribution in [3.05, 3.63) is 87.3 Å². The summed E-state index contributed by atoms with van der Waals surface area (Å²) in [5.41, 5.74) is 5.11. The number of nitrogens with one attached hydrogen (secondary N) is 2. The summed E-state index contributed by atoms with van der Waals surface area (Å²) in [5.74, 6) is -0.528. The number of hydrogen-bond donors (Lipinski definition) is 2. The lowest BCUT2D eigenvalue weighted by molar-refractivity contribution is -0.117. The molecule has 7 heteroatoms. The van der Waals surface area contributed by atoms with Gasteiger partial charge in [-0.25, -0.2) is 4.79 Å². The van der Waals surface area contributed by atoms with E-state index in [1.807, 2.05) is 13.0 Å². The van der Waals surface area contributed by atoms with Crippen LogP contribution in [-0.4, -0.2) is 36.0 Å². The maximum atomic E-state index is 13.0. The van der Waals surface area contributed by atoms with Crippen molar-refractivity contribution < 1.29 is 14.3 Å². The Morgan fingerprint density at radius 2 is 1.83 bits per heavy atom. The lowest BCUT2D eigenvalue weighted by atomic mass is 10.0. The maximum absolute atomic E-state index is 13.0. The Morgan fingerprint density at radius 3 is 2.54 bits per heavy atom. The van der Waals surface area contributed by atoms with Gasteiger partial charge in [0, 0.05) is 31.1 Å². The normalized spacial score (nSPS) is 14.3. The minimum Gasteiger partial charge on any atom is -0.462 e. The molecule has 0 radical (unpaired) electrons. The van der Waals surface area contributed by atoms with Gasteiger partial charge in [0.05, 0.1) is 18.2 Å². The van der Waals surface area contributed by atoms with Gasteiger partial charge in [0.1, 0.15) is 5.00 Å². The third-order valence-corrected chi connectivity index (χ3v) is 7.36. The quantitative estimate of drug-likeness (QED) is 0.416. The molecule has 35 heavy (non-hydrogen) atoms. The Hall–Kier alpha value is -3.00. The van der Waals surface area contributed by atoms with Crippen LogP contribution in [0.3, 0.4) is 0 Å². The van der Waals surface area contributed by atoms with Crippen molar-refractivity contribution in [2.24, 2.45) is 0 Å². The average molecular weight is 492 g/mol. The first kappa shape index (κ1) is 25.1. The van der Waals surface area contributed by atoms with Gasteiger partial charge in [0.15, 0.2) is 0 Å². The summed E-state index contributed by atoms with van der Waals surface area (Å²) in [7, 11) is 0. The molecule has 0 aliphatic carbocycles. The van der Waals surface area contributed by atoms with E-state index in [1.54, 1.807) is 6.92 Å². The van der Waals surface area contributed by atoms with Crippen LogP contribution in [0.1, 0.15) is 51.3 Å². The molecule has 1 unspecified atom stereocenters. The highest BCUT2D eigenvalue weighted by molar-refractivity contribution is 7.17. The van der Waals surface area contributed by atoms with Crippen LogP contribution < -0.4 is 10.6 Å². The van der Waals surface area contributed by atoms with Crippen LogP contribution in [0.5, 0.6) is 0 Å². The molecule has 2 N–H and O–H groups in total. The Bertz CT molecular complexity index is 1160. The van der Waals surface area contributed by atoms with E-state index in [0.29, 0.717) is 23.7 Å². The number of benzene rings is 2. The Kier molecular flexibility index (Phi) is 8.33. The first-order valence-corrected chi connectivity index (χ1v) is 12.9. The first-order chi connectivity index (χ1) is 16.9. The molecule has 6 nitrogen and oxygen atoms in total. The lowest BCUT2D eigenvalue weighted by Crippen LogP contribution is -2.37. The van der Waals surface area contributed by atoms with Gasteiger partial charge in [-0.3, -0.25) is 9.69 Å². The number of carbonyl (C=O) groups is 2. The molecule has 4 rings (SSSR count). The largest absolute Gasteiger partial charge is 0.462 e. The fourth-order valence-electron chi connectivity index (χ4n) is 4.23. The molecular weight excluding hydrogens is 458 g/mol. The standard InChI is InChI=1S/C28H33N3O3S/c1-4-34-28(33)25-23-14-15-31(17-22-8-6-5-7-9-22)18-24(23)35-27(25)30-26(32)20(3)29-16-21-12-10-19(2)11-13-21/h5-13,20,29H,4,14-18H2,1-3H3,(H,30,32). The zero-order chi connectivity index (χ0) is 24.8. The van der Waals surface area contributed by atoms with Crippen LogP contribution in [0.4, 0.5) is 5.00 Å². The number of nitrogens with zero attached hydrogens (tertiary/aromatic N) is 1. The van der Waals surface area contributed by atoms with E-state index in [0.717, 1.165) is 42.1 Å². The maximum Gasteiger partial charge on any atom is 0.341 e.